The van der Waals surface area contributed by atoms with Gasteiger partial charge >= 0.3 is 0 Å². The normalized spacial score (nSPS) is 10.8. The van der Waals surface area contributed by atoms with E-state index in [4.69, 9.17) is 23.2 Å². The van der Waals surface area contributed by atoms with Gasteiger partial charge in [-0.05, 0) is 20.3 Å². The van der Waals surface area contributed by atoms with Crippen molar-refractivity contribution in [2.24, 2.45) is 0 Å². The van der Waals surface area contributed by atoms with Crippen molar-refractivity contribution < 1.29 is 0 Å². The van der Waals surface area contributed by atoms with Gasteiger partial charge in [0, 0.05) is 6.54 Å². The summed E-state index contributed by atoms with van der Waals surface area (Å²) in [6.45, 7) is 6.60. The Morgan fingerprint density at radius 3 is 2.63 bits per heavy atom. The molecular weight excluding hydrogens is 285 g/mol. The van der Waals surface area contributed by atoms with Crippen molar-refractivity contribution in [1.82, 2.24) is 19.7 Å². The maximum Gasteiger partial charge on any atom is 0.224 e. The molecule has 19 heavy (non-hydrogen) atoms. The van der Waals surface area contributed by atoms with E-state index in [1.807, 2.05) is 13.8 Å². The lowest BCUT2D eigenvalue weighted by atomic mass is 10.4. The van der Waals surface area contributed by atoms with Gasteiger partial charge in [0.15, 0.2) is 5.82 Å². The quantitative estimate of drug-likeness (QED) is 0.940. The van der Waals surface area contributed by atoms with E-state index in [2.05, 4.69) is 27.3 Å². The van der Waals surface area contributed by atoms with Crippen LogP contribution in [0.25, 0.3) is 5.82 Å². The molecule has 7 heteroatoms. The Kier molecular flexibility index (Phi) is 4.27. The van der Waals surface area contributed by atoms with E-state index in [-0.39, 0.29) is 0 Å². The number of nitrogens with zero attached hydrogens (tertiary/aromatic N) is 4. The summed E-state index contributed by atoms with van der Waals surface area (Å²) in [6, 6.07) is 0. The van der Waals surface area contributed by atoms with Crippen molar-refractivity contribution >= 4 is 29.2 Å². The van der Waals surface area contributed by atoms with Crippen LogP contribution in [0.1, 0.15) is 24.7 Å². The first-order valence-electron chi connectivity index (χ1n) is 6.03. The zero-order valence-corrected chi connectivity index (χ0v) is 12.5. The van der Waals surface area contributed by atoms with Gasteiger partial charge in [-0.3, -0.25) is 0 Å². The van der Waals surface area contributed by atoms with Crippen molar-refractivity contribution in [1.29, 1.82) is 0 Å². The van der Waals surface area contributed by atoms with Crippen molar-refractivity contribution in [3.05, 3.63) is 27.6 Å². The number of hydrogen-bond donors (Lipinski definition) is 1. The summed E-state index contributed by atoms with van der Waals surface area (Å²) in [7, 11) is 0. The molecule has 0 radical (unpaired) electrons. The lowest BCUT2D eigenvalue weighted by Gasteiger charge is -2.08. The molecule has 102 valence electrons. The molecule has 2 aromatic rings. The van der Waals surface area contributed by atoms with Crippen LogP contribution in [0.3, 0.4) is 0 Å². The molecule has 0 aliphatic carbocycles. The molecule has 0 spiro atoms. The number of nitrogens with one attached hydrogen (secondary N) is 1. The Hall–Kier alpha value is -1.33. The lowest BCUT2D eigenvalue weighted by Crippen LogP contribution is -2.09. The number of hydrogen-bond acceptors (Lipinski definition) is 4. The summed E-state index contributed by atoms with van der Waals surface area (Å²) in [6.07, 6.45) is 2.55. The van der Waals surface area contributed by atoms with Crippen molar-refractivity contribution in [3.63, 3.8) is 0 Å². The molecular formula is C12H15Cl2N5. The molecule has 0 aliphatic heterocycles. The van der Waals surface area contributed by atoms with Crippen molar-refractivity contribution in [2.75, 3.05) is 11.9 Å². The monoisotopic (exact) mass is 299 g/mol. The smallest absolute Gasteiger partial charge is 0.224 e. The highest BCUT2D eigenvalue weighted by molar-refractivity contribution is 6.32. The van der Waals surface area contributed by atoms with Gasteiger partial charge < -0.3 is 5.32 Å². The van der Waals surface area contributed by atoms with Crippen LogP contribution in [-0.4, -0.2) is 26.3 Å². The van der Waals surface area contributed by atoms with Crippen LogP contribution in [0.5, 0.6) is 0 Å². The zero-order chi connectivity index (χ0) is 14.0. The zero-order valence-electron chi connectivity index (χ0n) is 11.0. The molecule has 0 saturated heterocycles. The molecule has 0 aliphatic rings. The largest absolute Gasteiger partial charge is 0.354 e. The summed E-state index contributed by atoms with van der Waals surface area (Å²) in [4.78, 5) is 8.52. The molecule has 2 heterocycles. The summed E-state index contributed by atoms with van der Waals surface area (Å²) in [5, 5.41) is 8.52. The number of aryl methyl sites for hydroxylation is 1. The van der Waals surface area contributed by atoms with Gasteiger partial charge in [0.05, 0.1) is 22.6 Å². The van der Waals surface area contributed by atoms with E-state index in [9.17, 15) is 0 Å². The van der Waals surface area contributed by atoms with Crippen LogP contribution in [0.15, 0.2) is 6.20 Å². The summed E-state index contributed by atoms with van der Waals surface area (Å²) in [5.41, 5.74) is 1.55. The second kappa shape index (κ2) is 5.75. The fourth-order valence-electron chi connectivity index (χ4n) is 1.66. The maximum atomic E-state index is 6.14. The SMILES string of the molecule is CCCNc1ncc(Cl)c(-n2nc(C)c(Cl)c2C)n1. The van der Waals surface area contributed by atoms with E-state index in [1.54, 1.807) is 10.9 Å². The van der Waals surface area contributed by atoms with Crippen LogP contribution >= 0.6 is 23.2 Å². The first-order valence-corrected chi connectivity index (χ1v) is 6.78. The first-order chi connectivity index (χ1) is 9.04. The van der Waals surface area contributed by atoms with Crippen LogP contribution in [0, 0.1) is 13.8 Å². The molecule has 0 bridgehead atoms. The van der Waals surface area contributed by atoms with Gasteiger partial charge in [0.1, 0.15) is 5.02 Å². The molecule has 0 atom stereocenters. The highest BCUT2D eigenvalue weighted by atomic mass is 35.5. The number of aromatic nitrogens is 4. The van der Waals surface area contributed by atoms with E-state index in [0.717, 1.165) is 24.4 Å². The fraction of sp³-hybridized carbons (Fsp3) is 0.417. The minimum Gasteiger partial charge on any atom is -0.354 e. The molecule has 0 unspecified atom stereocenters. The van der Waals surface area contributed by atoms with E-state index < -0.39 is 0 Å². The standard InChI is InChI=1S/C12H15Cl2N5/c1-4-5-15-12-16-6-9(13)11(17-12)19-8(3)10(14)7(2)18-19/h6H,4-5H2,1-3H3,(H,15,16,17). The third kappa shape index (κ3) is 2.82. The predicted molar refractivity (Wildman–Crippen MR) is 77.4 cm³/mol. The van der Waals surface area contributed by atoms with Gasteiger partial charge in [-0.25, -0.2) is 9.67 Å². The molecule has 5 nitrogen and oxygen atoms in total. The Morgan fingerprint density at radius 1 is 1.32 bits per heavy atom. The van der Waals surface area contributed by atoms with E-state index in [1.165, 1.54) is 0 Å². The molecule has 1 N–H and O–H groups in total. The molecule has 0 saturated carbocycles. The number of rotatable bonds is 4. The maximum absolute atomic E-state index is 6.14. The summed E-state index contributed by atoms with van der Waals surface area (Å²) < 4.78 is 1.64. The fourth-order valence-corrected chi connectivity index (χ4v) is 1.95. The molecule has 2 aromatic heterocycles. The number of anilines is 1. The van der Waals surface area contributed by atoms with Crippen LogP contribution in [0.2, 0.25) is 10.0 Å². The number of halogens is 2. The average Bonchev–Trinajstić information content (AvgIpc) is 2.65. The van der Waals surface area contributed by atoms with Crippen LogP contribution < -0.4 is 5.32 Å². The topological polar surface area (TPSA) is 55.6 Å². The Labute approximate surface area is 122 Å². The van der Waals surface area contributed by atoms with E-state index in [0.29, 0.717) is 21.8 Å². The minimum atomic E-state index is 0.435. The Morgan fingerprint density at radius 2 is 2.05 bits per heavy atom. The minimum absolute atomic E-state index is 0.435. The molecule has 0 amide bonds. The molecule has 0 aromatic carbocycles. The summed E-state index contributed by atoms with van der Waals surface area (Å²) in [5.74, 6) is 1.06. The van der Waals surface area contributed by atoms with Gasteiger partial charge in [0.2, 0.25) is 5.95 Å². The van der Waals surface area contributed by atoms with Crippen LogP contribution in [-0.2, 0) is 0 Å². The lowest BCUT2D eigenvalue weighted by molar-refractivity contribution is 0.800. The second-order valence-electron chi connectivity index (χ2n) is 4.19. The highest BCUT2D eigenvalue weighted by Gasteiger charge is 2.15. The molecule has 2 rings (SSSR count). The van der Waals surface area contributed by atoms with Gasteiger partial charge in [-0.2, -0.15) is 10.1 Å². The van der Waals surface area contributed by atoms with Gasteiger partial charge in [-0.15, -0.1) is 0 Å². The van der Waals surface area contributed by atoms with Crippen LogP contribution in [0.4, 0.5) is 5.95 Å². The Balaban J connectivity index is 2.45. The predicted octanol–water partition coefficient (Wildman–Crippen LogP) is 3.41. The van der Waals surface area contributed by atoms with Gasteiger partial charge in [-0.1, -0.05) is 30.1 Å². The summed E-state index contributed by atoms with van der Waals surface area (Å²) >= 11 is 12.3. The third-order valence-electron chi connectivity index (χ3n) is 2.66. The second-order valence-corrected chi connectivity index (χ2v) is 4.97. The average molecular weight is 300 g/mol. The highest BCUT2D eigenvalue weighted by Crippen LogP contribution is 2.25. The van der Waals surface area contributed by atoms with Gasteiger partial charge in [0.25, 0.3) is 0 Å². The van der Waals surface area contributed by atoms with Crippen molar-refractivity contribution in [3.8, 4) is 5.82 Å². The first kappa shape index (κ1) is 14.1. The Bertz CT molecular complexity index is 594. The van der Waals surface area contributed by atoms with Crippen molar-refractivity contribution in [2.45, 2.75) is 27.2 Å². The third-order valence-corrected chi connectivity index (χ3v) is 3.48. The van der Waals surface area contributed by atoms with E-state index >= 15 is 0 Å². The molecule has 0 fully saturated rings.